The Hall–Kier alpha value is -3.81. The summed E-state index contributed by atoms with van der Waals surface area (Å²) in [4.78, 5) is 40.1. The Balaban J connectivity index is 1.41. The van der Waals surface area contributed by atoms with Gasteiger partial charge in [0.15, 0.2) is 5.78 Å². The van der Waals surface area contributed by atoms with Crippen LogP contribution in [0.2, 0.25) is 0 Å². The number of hydrogen-bond acceptors (Lipinski definition) is 5. The SMILES string of the molecule is Cc1ccc(C(=O)CCC(=O)NCC(=O)Nc2ccc(-n3cncn3)cc2)cc1C. The van der Waals surface area contributed by atoms with Crippen LogP contribution in [0.15, 0.2) is 55.1 Å². The Morgan fingerprint density at radius 3 is 2.37 bits per heavy atom. The van der Waals surface area contributed by atoms with Crippen molar-refractivity contribution >= 4 is 23.3 Å². The molecule has 0 saturated heterocycles. The quantitative estimate of drug-likeness (QED) is 0.561. The number of anilines is 1. The smallest absolute Gasteiger partial charge is 0.243 e. The number of aromatic nitrogens is 3. The number of aryl methyl sites for hydroxylation is 2. The maximum absolute atomic E-state index is 12.2. The Kier molecular flexibility index (Phi) is 6.69. The second kappa shape index (κ2) is 9.60. The monoisotopic (exact) mass is 405 g/mol. The summed E-state index contributed by atoms with van der Waals surface area (Å²) in [6.07, 6.45) is 3.15. The van der Waals surface area contributed by atoms with Crippen molar-refractivity contribution in [2.75, 3.05) is 11.9 Å². The standard InChI is InChI=1S/C22H23N5O3/c1-15-3-4-17(11-16(15)2)20(28)9-10-21(29)24-12-22(30)26-18-5-7-19(8-6-18)27-14-23-13-25-27/h3-8,11,13-14H,9-10,12H2,1-2H3,(H,24,29)(H,26,30). The van der Waals surface area contributed by atoms with Crippen molar-refractivity contribution in [3.8, 4) is 5.69 Å². The molecule has 0 spiro atoms. The van der Waals surface area contributed by atoms with Gasteiger partial charge in [0.2, 0.25) is 11.8 Å². The highest BCUT2D eigenvalue weighted by molar-refractivity contribution is 5.99. The van der Waals surface area contributed by atoms with E-state index in [0.717, 1.165) is 16.8 Å². The lowest BCUT2D eigenvalue weighted by Gasteiger charge is -2.08. The third-order valence-corrected chi connectivity index (χ3v) is 4.69. The molecule has 0 radical (unpaired) electrons. The van der Waals surface area contributed by atoms with Gasteiger partial charge in [0, 0.05) is 24.1 Å². The highest BCUT2D eigenvalue weighted by Crippen LogP contribution is 2.13. The first-order valence-corrected chi connectivity index (χ1v) is 9.54. The predicted molar refractivity (Wildman–Crippen MR) is 112 cm³/mol. The van der Waals surface area contributed by atoms with Crippen LogP contribution in [-0.2, 0) is 9.59 Å². The maximum Gasteiger partial charge on any atom is 0.243 e. The highest BCUT2D eigenvalue weighted by atomic mass is 16.2. The van der Waals surface area contributed by atoms with Gasteiger partial charge in [0.05, 0.1) is 12.2 Å². The number of carbonyl (C=O) groups excluding carboxylic acids is 3. The predicted octanol–water partition coefficient (Wildman–Crippen LogP) is 2.60. The first kappa shape index (κ1) is 20.9. The zero-order valence-corrected chi connectivity index (χ0v) is 16.9. The lowest BCUT2D eigenvalue weighted by molar-refractivity contribution is -0.124. The summed E-state index contributed by atoms with van der Waals surface area (Å²) in [6.45, 7) is 3.76. The Labute approximate surface area is 174 Å². The van der Waals surface area contributed by atoms with Crippen LogP contribution in [0, 0.1) is 13.8 Å². The van der Waals surface area contributed by atoms with Crippen LogP contribution in [0.25, 0.3) is 5.69 Å². The molecule has 1 heterocycles. The van der Waals surface area contributed by atoms with Crippen LogP contribution in [0.4, 0.5) is 5.69 Å². The molecule has 3 aromatic rings. The molecular weight excluding hydrogens is 382 g/mol. The molecule has 154 valence electrons. The lowest BCUT2D eigenvalue weighted by Crippen LogP contribution is -2.33. The minimum absolute atomic E-state index is 0.0334. The summed E-state index contributed by atoms with van der Waals surface area (Å²) in [7, 11) is 0. The van der Waals surface area contributed by atoms with Crippen molar-refractivity contribution in [1.82, 2.24) is 20.1 Å². The van der Waals surface area contributed by atoms with E-state index in [0.29, 0.717) is 11.3 Å². The number of hydrogen-bond donors (Lipinski definition) is 2. The van der Waals surface area contributed by atoms with Crippen LogP contribution in [0.3, 0.4) is 0 Å². The second-order valence-corrected chi connectivity index (χ2v) is 6.93. The van der Waals surface area contributed by atoms with Crippen LogP contribution in [0.5, 0.6) is 0 Å². The summed E-state index contributed by atoms with van der Waals surface area (Å²) in [5, 5.41) is 9.27. The molecule has 0 aliphatic heterocycles. The lowest BCUT2D eigenvalue weighted by atomic mass is 10.0. The van der Waals surface area contributed by atoms with Crippen LogP contribution >= 0.6 is 0 Å². The van der Waals surface area contributed by atoms with Crippen molar-refractivity contribution in [2.45, 2.75) is 26.7 Å². The van der Waals surface area contributed by atoms with Crippen molar-refractivity contribution in [1.29, 1.82) is 0 Å². The number of ketones is 1. The fraction of sp³-hybridized carbons (Fsp3) is 0.227. The Morgan fingerprint density at radius 2 is 1.70 bits per heavy atom. The van der Waals surface area contributed by atoms with Gasteiger partial charge in [-0.1, -0.05) is 12.1 Å². The first-order valence-electron chi connectivity index (χ1n) is 9.54. The van der Waals surface area contributed by atoms with Crippen LogP contribution < -0.4 is 10.6 Å². The molecular formula is C22H23N5O3. The molecule has 0 unspecified atom stereocenters. The van der Waals surface area contributed by atoms with E-state index in [4.69, 9.17) is 0 Å². The molecule has 2 N–H and O–H groups in total. The second-order valence-electron chi connectivity index (χ2n) is 6.93. The summed E-state index contributed by atoms with van der Waals surface area (Å²) in [6, 6.07) is 12.5. The maximum atomic E-state index is 12.2. The zero-order valence-electron chi connectivity index (χ0n) is 16.9. The third kappa shape index (κ3) is 5.60. The van der Waals surface area contributed by atoms with Crippen LogP contribution in [0.1, 0.15) is 34.3 Å². The molecule has 30 heavy (non-hydrogen) atoms. The average molecular weight is 405 g/mol. The van der Waals surface area contributed by atoms with E-state index < -0.39 is 0 Å². The number of amides is 2. The summed E-state index contributed by atoms with van der Waals surface area (Å²) >= 11 is 0. The van der Waals surface area contributed by atoms with Gasteiger partial charge in [0.25, 0.3) is 0 Å². The molecule has 0 aliphatic carbocycles. The molecule has 3 rings (SSSR count). The van der Waals surface area contributed by atoms with Gasteiger partial charge in [-0.2, -0.15) is 5.10 Å². The Bertz CT molecular complexity index is 1040. The minimum Gasteiger partial charge on any atom is -0.347 e. The fourth-order valence-electron chi connectivity index (χ4n) is 2.80. The normalized spacial score (nSPS) is 10.5. The largest absolute Gasteiger partial charge is 0.347 e. The summed E-state index contributed by atoms with van der Waals surface area (Å²) in [5.41, 5.74) is 4.16. The first-order chi connectivity index (χ1) is 14.4. The fourth-order valence-corrected chi connectivity index (χ4v) is 2.80. The molecule has 0 atom stereocenters. The van der Waals surface area contributed by atoms with E-state index in [2.05, 4.69) is 20.7 Å². The molecule has 0 aliphatic rings. The van der Waals surface area contributed by atoms with Crippen molar-refractivity contribution in [3.63, 3.8) is 0 Å². The minimum atomic E-state index is -0.350. The van der Waals surface area contributed by atoms with E-state index in [1.165, 1.54) is 6.33 Å². The number of Topliss-reactive ketones (excluding diaryl/α,β-unsaturated/α-hetero) is 1. The molecule has 0 saturated carbocycles. The third-order valence-electron chi connectivity index (χ3n) is 4.69. The number of nitrogens with one attached hydrogen (secondary N) is 2. The van der Waals surface area contributed by atoms with Gasteiger partial charge in [-0.05, 0) is 55.3 Å². The number of rotatable bonds is 8. The van der Waals surface area contributed by atoms with E-state index in [1.807, 2.05) is 26.0 Å². The van der Waals surface area contributed by atoms with E-state index in [9.17, 15) is 14.4 Å². The Morgan fingerprint density at radius 1 is 0.933 bits per heavy atom. The molecule has 8 nitrogen and oxygen atoms in total. The highest BCUT2D eigenvalue weighted by Gasteiger charge is 2.11. The average Bonchev–Trinajstić information content (AvgIpc) is 3.28. The number of nitrogens with zero attached hydrogens (tertiary/aromatic N) is 3. The van der Waals surface area contributed by atoms with Gasteiger partial charge < -0.3 is 10.6 Å². The summed E-state index contributed by atoms with van der Waals surface area (Å²) < 4.78 is 1.60. The molecule has 2 aromatic carbocycles. The topological polar surface area (TPSA) is 106 Å². The number of benzene rings is 2. The van der Waals surface area contributed by atoms with Crippen molar-refractivity contribution in [2.24, 2.45) is 0 Å². The van der Waals surface area contributed by atoms with Crippen molar-refractivity contribution in [3.05, 3.63) is 71.8 Å². The van der Waals surface area contributed by atoms with Gasteiger partial charge in [0.1, 0.15) is 12.7 Å². The van der Waals surface area contributed by atoms with Crippen LogP contribution in [-0.4, -0.2) is 38.9 Å². The zero-order chi connectivity index (χ0) is 21.5. The van der Waals surface area contributed by atoms with E-state index in [-0.39, 0.29) is 37.0 Å². The number of carbonyl (C=O) groups is 3. The van der Waals surface area contributed by atoms with E-state index in [1.54, 1.807) is 41.3 Å². The summed E-state index contributed by atoms with van der Waals surface area (Å²) in [5.74, 6) is -0.786. The molecule has 2 amide bonds. The van der Waals surface area contributed by atoms with Gasteiger partial charge in [-0.25, -0.2) is 9.67 Å². The van der Waals surface area contributed by atoms with Gasteiger partial charge in [-0.3, -0.25) is 14.4 Å². The van der Waals surface area contributed by atoms with Gasteiger partial charge >= 0.3 is 0 Å². The molecule has 8 heteroatoms. The molecule has 0 bridgehead atoms. The van der Waals surface area contributed by atoms with E-state index >= 15 is 0 Å². The van der Waals surface area contributed by atoms with Crippen molar-refractivity contribution < 1.29 is 14.4 Å². The molecule has 0 fully saturated rings. The van der Waals surface area contributed by atoms with Gasteiger partial charge in [-0.15, -0.1) is 0 Å². The molecule has 1 aromatic heterocycles.